The van der Waals surface area contributed by atoms with Crippen molar-refractivity contribution in [3.05, 3.63) is 11.9 Å². The van der Waals surface area contributed by atoms with E-state index in [1.165, 1.54) is 6.20 Å². The minimum Gasteiger partial charge on any atom is -0.266 e. The smallest absolute Gasteiger partial charge is 0.241 e. The molecule has 5 nitrogen and oxygen atoms in total. The lowest BCUT2D eigenvalue weighted by atomic mass is 10.4. The molecule has 0 aliphatic rings. The predicted octanol–water partition coefficient (Wildman–Crippen LogP) is 0.420. The quantitative estimate of drug-likeness (QED) is 0.756. The van der Waals surface area contributed by atoms with Gasteiger partial charge in [-0.15, -0.1) is 0 Å². The van der Waals surface area contributed by atoms with Gasteiger partial charge < -0.3 is 0 Å². The van der Waals surface area contributed by atoms with Crippen LogP contribution in [0, 0.1) is 6.92 Å². The molecule has 0 unspecified atom stereocenters. The van der Waals surface area contributed by atoms with Gasteiger partial charge in [0.25, 0.3) is 0 Å². The molecule has 0 saturated heterocycles. The number of nitrogens with two attached hydrogens (primary N) is 1. The molecule has 0 bridgehead atoms. The first-order chi connectivity index (χ1) is 5.84. The van der Waals surface area contributed by atoms with Gasteiger partial charge in [-0.05, 0) is 20.8 Å². The maximum absolute atomic E-state index is 11.0. The van der Waals surface area contributed by atoms with E-state index in [4.69, 9.17) is 5.14 Å². The molecule has 0 atom stereocenters. The summed E-state index contributed by atoms with van der Waals surface area (Å²) in [6.07, 6.45) is 1.28. The zero-order valence-electron chi connectivity index (χ0n) is 7.85. The third-order valence-corrected chi connectivity index (χ3v) is 2.81. The van der Waals surface area contributed by atoms with E-state index < -0.39 is 10.0 Å². The van der Waals surface area contributed by atoms with E-state index in [1.54, 1.807) is 11.6 Å². The number of hydrogen-bond acceptors (Lipinski definition) is 3. The first-order valence-electron chi connectivity index (χ1n) is 3.91. The van der Waals surface area contributed by atoms with Crippen LogP contribution >= 0.6 is 0 Å². The lowest BCUT2D eigenvalue weighted by molar-refractivity contribution is 0.517. The van der Waals surface area contributed by atoms with Gasteiger partial charge in [-0.1, -0.05) is 0 Å². The maximum Gasteiger partial charge on any atom is 0.241 e. The minimum absolute atomic E-state index is 0.0983. The van der Waals surface area contributed by atoms with E-state index in [9.17, 15) is 8.42 Å². The number of sulfonamides is 1. The molecule has 1 heterocycles. The summed E-state index contributed by atoms with van der Waals surface area (Å²) in [5, 5.41) is 8.93. The van der Waals surface area contributed by atoms with Crippen LogP contribution in [0.2, 0.25) is 0 Å². The monoisotopic (exact) mass is 203 g/mol. The van der Waals surface area contributed by atoms with Crippen molar-refractivity contribution >= 4 is 10.0 Å². The van der Waals surface area contributed by atoms with Gasteiger partial charge in [0.15, 0.2) is 0 Å². The summed E-state index contributed by atoms with van der Waals surface area (Å²) in [7, 11) is -3.63. The van der Waals surface area contributed by atoms with E-state index in [0.717, 1.165) is 0 Å². The van der Waals surface area contributed by atoms with Crippen molar-refractivity contribution in [1.82, 2.24) is 9.78 Å². The van der Waals surface area contributed by atoms with E-state index in [2.05, 4.69) is 5.10 Å². The summed E-state index contributed by atoms with van der Waals surface area (Å²) in [5.74, 6) is 0. The zero-order chi connectivity index (χ0) is 10.2. The van der Waals surface area contributed by atoms with Gasteiger partial charge in [0.2, 0.25) is 10.0 Å². The van der Waals surface area contributed by atoms with Gasteiger partial charge >= 0.3 is 0 Å². The number of rotatable bonds is 2. The van der Waals surface area contributed by atoms with Crippen LogP contribution in [0.5, 0.6) is 0 Å². The molecule has 1 aromatic rings. The number of primary sulfonamides is 1. The Morgan fingerprint density at radius 1 is 1.54 bits per heavy atom. The summed E-state index contributed by atoms with van der Waals surface area (Å²) in [6, 6.07) is 0.135. The summed E-state index contributed by atoms with van der Waals surface area (Å²) in [6.45, 7) is 5.53. The molecule has 1 aromatic heterocycles. The molecule has 2 N–H and O–H groups in total. The Labute approximate surface area is 77.6 Å². The highest BCUT2D eigenvalue weighted by Gasteiger charge is 2.17. The van der Waals surface area contributed by atoms with Gasteiger partial charge in [0.1, 0.15) is 4.90 Å². The van der Waals surface area contributed by atoms with Crippen molar-refractivity contribution in [3.63, 3.8) is 0 Å². The normalized spacial score (nSPS) is 12.4. The van der Waals surface area contributed by atoms with Crippen molar-refractivity contribution in [2.75, 3.05) is 0 Å². The maximum atomic E-state index is 11.0. The molecule has 13 heavy (non-hydrogen) atoms. The van der Waals surface area contributed by atoms with Crippen molar-refractivity contribution in [1.29, 1.82) is 0 Å². The molecule has 74 valence electrons. The Morgan fingerprint density at radius 3 is 2.31 bits per heavy atom. The third kappa shape index (κ3) is 1.89. The first kappa shape index (κ1) is 10.2. The van der Waals surface area contributed by atoms with Crippen LogP contribution in [0.4, 0.5) is 0 Å². The fourth-order valence-corrected chi connectivity index (χ4v) is 1.91. The second-order valence-electron chi connectivity index (χ2n) is 3.18. The van der Waals surface area contributed by atoms with Crippen molar-refractivity contribution in [2.24, 2.45) is 5.14 Å². The average Bonchev–Trinajstić information content (AvgIpc) is 2.28. The van der Waals surface area contributed by atoms with E-state index >= 15 is 0 Å². The van der Waals surface area contributed by atoms with Gasteiger partial charge in [-0.2, -0.15) is 5.10 Å². The van der Waals surface area contributed by atoms with Crippen LogP contribution in [-0.4, -0.2) is 18.2 Å². The zero-order valence-corrected chi connectivity index (χ0v) is 8.67. The standard InChI is InChI=1S/C7H13N3O2S/c1-5(2)10-6(3)7(4-9-10)13(8,11)12/h4-5H,1-3H3,(H2,8,11,12). The Hall–Kier alpha value is -0.880. The molecule has 1 rings (SSSR count). The second-order valence-corrected chi connectivity index (χ2v) is 4.71. The molecule has 0 radical (unpaired) electrons. The summed E-state index contributed by atoms with van der Waals surface area (Å²) < 4.78 is 23.7. The van der Waals surface area contributed by atoms with Crippen LogP contribution in [0.15, 0.2) is 11.1 Å². The highest BCUT2D eigenvalue weighted by atomic mass is 32.2. The lowest BCUT2D eigenvalue weighted by Crippen LogP contribution is -2.14. The molecule has 0 aliphatic carbocycles. The topological polar surface area (TPSA) is 78.0 Å². The van der Waals surface area contributed by atoms with E-state index in [0.29, 0.717) is 5.69 Å². The largest absolute Gasteiger partial charge is 0.266 e. The van der Waals surface area contributed by atoms with Crippen LogP contribution in [0.3, 0.4) is 0 Å². The van der Waals surface area contributed by atoms with Crippen molar-refractivity contribution < 1.29 is 8.42 Å². The number of nitrogens with zero attached hydrogens (tertiary/aromatic N) is 2. The summed E-state index contributed by atoms with van der Waals surface area (Å²) in [4.78, 5) is 0.0983. The minimum atomic E-state index is -3.63. The fourth-order valence-electron chi connectivity index (χ4n) is 1.21. The SMILES string of the molecule is Cc1c(S(N)(=O)=O)cnn1C(C)C. The predicted molar refractivity (Wildman–Crippen MR) is 48.7 cm³/mol. The van der Waals surface area contributed by atoms with Gasteiger partial charge in [-0.3, -0.25) is 4.68 Å². The highest BCUT2D eigenvalue weighted by Crippen LogP contribution is 2.15. The molecular formula is C7H13N3O2S. The van der Waals surface area contributed by atoms with Gasteiger partial charge in [-0.25, -0.2) is 13.6 Å². The summed E-state index contributed by atoms with van der Waals surface area (Å²) >= 11 is 0. The Kier molecular flexibility index (Phi) is 2.44. The van der Waals surface area contributed by atoms with E-state index in [-0.39, 0.29) is 10.9 Å². The average molecular weight is 203 g/mol. The Morgan fingerprint density at radius 2 is 2.08 bits per heavy atom. The molecule has 0 spiro atoms. The number of hydrogen-bond donors (Lipinski definition) is 1. The molecular weight excluding hydrogens is 190 g/mol. The third-order valence-electron chi connectivity index (χ3n) is 1.80. The first-order valence-corrected chi connectivity index (χ1v) is 5.45. The Bertz CT molecular complexity index is 405. The van der Waals surface area contributed by atoms with Crippen LogP contribution in [0.1, 0.15) is 25.6 Å². The van der Waals surface area contributed by atoms with Crippen molar-refractivity contribution in [2.45, 2.75) is 31.7 Å². The molecule has 6 heteroatoms. The van der Waals surface area contributed by atoms with Crippen molar-refractivity contribution in [3.8, 4) is 0 Å². The number of aromatic nitrogens is 2. The van der Waals surface area contributed by atoms with Gasteiger partial charge in [0.05, 0.1) is 11.9 Å². The van der Waals surface area contributed by atoms with Crippen LogP contribution in [-0.2, 0) is 10.0 Å². The lowest BCUT2D eigenvalue weighted by Gasteiger charge is -2.07. The fraction of sp³-hybridized carbons (Fsp3) is 0.571. The molecule has 0 aromatic carbocycles. The highest BCUT2D eigenvalue weighted by molar-refractivity contribution is 7.89. The second kappa shape index (κ2) is 3.12. The van der Waals surface area contributed by atoms with Crippen LogP contribution in [0.25, 0.3) is 0 Å². The molecule has 0 aliphatic heterocycles. The Balaban J connectivity index is 3.30. The van der Waals surface area contributed by atoms with Gasteiger partial charge in [0, 0.05) is 6.04 Å². The molecule has 0 fully saturated rings. The van der Waals surface area contributed by atoms with Crippen LogP contribution < -0.4 is 5.14 Å². The molecule has 0 amide bonds. The molecule has 0 saturated carbocycles. The van der Waals surface area contributed by atoms with E-state index in [1.807, 2.05) is 13.8 Å². The summed E-state index contributed by atoms with van der Waals surface area (Å²) in [5.41, 5.74) is 0.581.